The van der Waals surface area contributed by atoms with Crippen LogP contribution in [0.1, 0.15) is 5.56 Å². The van der Waals surface area contributed by atoms with E-state index in [-0.39, 0.29) is 17.3 Å². The number of nitro groups is 1. The van der Waals surface area contributed by atoms with E-state index in [9.17, 15) is 10.1 Å². The Balaban J connectivity index is 2.49. The predicted molar refractivity (Wildman–Crippen MR) is 79.2 cm³/mol. The highest BCUT2D eigenvalue weighted by Gasteiger charge is 2.23. The second-order valence-corrected chi connectivity index (χ2v) is 4.26. The third-order valence-electron chi connectivity index (χ3n) is 2.85. The number of hydrogen-bond donors (Lipinski definition) is 2. The average molecular weight is 289 g/mol. The number of ether oxygens (including phenoxy) is 1. The number of hydrogen-bond acceptors (Lipinski definition) is 7. The Labute approximate surface area is 121 Å². The Hall–Kier alpha value is -2.90. The Bertz CT molecular complexity index is 675. The summed E-state index contributed by atoms with van der Waals surface area (Å²) in [5.74, 6) is 0.812. The van der Waals surface area contributed by atoms with Crippen LogP contribution in [-0.2, 0) is 0 Å². The number of nitrogens with one attached hydrogen (secondary N) is 2. The van der Waals surface area contributed by atoms with Crippen LogP contribution in [-0.4, -0.2) is 29.0 Å². The van der Waals surface area contributed by atoms with Crippen LogP contribution in [0.4, 0.5) is 23.0 Å². The third-order valence-corrected chi connectivity index (χ3v) is 2.85. The molecule has 0 bridgehead atoms. The van der Waals surface area contributed by atoms with Gasteiger partial charge < -0.3 is 15.4 Å². The Morgan fingerprint density at radius 3 is 2.62 bits per heavy atom. The first-order valence-electron chi connectivity index (χ1n) is 6.15. The van der Waals surface area contributed by atoms with Gasteiger partial charge in [-0.2, -0.15) is 0 Å². The highest BCUT2D eigenvalue weighted by Crippen LogP contribution is 2.34. The maximum atomic E-state index is 11.2. The summed E-state index contributed by atoms with van der Waals surface area (Å²) in [5, 5.41) is 16.8. The van der Waals surface area contributed by atoms with Crippen LogP contribution in [0.5, 0.6) is 5.75 Å². The number of anilines is 3. The molecule has 0 fully saturated rings. The summed E-state index contributed by atoms with van der Waals surface area (Å²) in [4.78, 5) is 18.5. The van der Waals surface area contributed by atoms with Crippen LogP contribution in [0, 0.1) is 17.0 Å². The fourth-order valence-corrected chi connectivity index (χ4v) is 1.87. The molecule has 0 saturated heterocycles. The fraction of sp³-hybridized carbons (Fsp3) is 0.231. The predicted octanol–water partition coefficient (Wildman–Crippen LogP) is 2.49. The van der Waals surface area contributed by atoms with Crippen molar-refractivity contribution in [2.45, 2.75) is 6.92 Å². The summed E-state index contributed by atoms with van der Waals surface area (Å²) >= 11 is 0. The molecule has 2 N–H and O–H groups in total. The Kier molecular flexibility index (Phi) is 4.17. The zero-order chi connectivity index (χ0) is 15.4. The van der Waals surface area contributed by atoms with E-state index in [1.807, 2.05) is 19.1 Å². The van der Waals surface area contributed by atoms with E-state index < -0.39 is 4.92 Å². The molecule has 2 aromatic rings. The van der Waals surface area contributed by atoms with E-state index in [4.69, 9.17) is 4.74 Å². The van der Waals surface area contributed by atoms with Gasteiger partial charge in [0.2, 0.25) is 11.6 Å². The van der Waals surface area contributed by atoms with Gasteiger partial charge in [0.1, 0.15) is 12.1 Å². The van der Waals surface area contributed by atoms with Crippen LogP contribution >= 0.6 is 0 Å². The molecule has 0 amide bonds. The molecule has 8 nitrogen and oxygen atoms in total. The number of rotatable bonds is 5. The maximum absolute atomic E-state index is 11.2. The van der Waals surface area contributed by atoms with Gasteiger partial charge in [-0.1, -0.05) is 6.07 Å². The normalized spacial score (nSPS) is 10.0. The second kappa shape index (κ2) is 6.04. The van der Waals surface area contributed by atoms with Crippen molar-refractivity contribution in [3.8, 4) is 5.75 Å². The lowest BCUT2D eigenvalue weighted by atomic mass is 10.2. The first-order chi connectivity index (χ1) is 10.1. The number of aryl methyl sites for hydroxylation is 1. The molecule has 1 aromatic carbocycles. The summed E-state index contributed by atoms with van der Waals surface area (Å²) in [6, 6.07) is 5.49. The topological polar surface area (TPSA) is 102 Å². The van der Waals surface area contributed by atoms with Gasteiger partial charge in [0.05, 0.1) is 17.7 Å². The van der Waals surface area contributed by atoms with Crippen LogP contribution < -0.4 is 15.4 Å². The molecule has 0 aliphatic heterocycles. The first kappa shape index (κ1) is 14.5. The molecule has 0 spiro atoms. The molecule has 0 saturated carbocycles. The molecule has 0 atom stereocenters. The van der Waals surface area contributed by atoms with Crippen molar-refractivity contribution in [3.63, 3.8) is 0 Å². The maximum Gasteiger partial charge on any atom is 0.353 e. The van der Waals surface area contributed by atoms with Gasteiger partial charge in [-0.3, -0.25) is 10.1 Å². The van der Waals surface area contributed by atoms with Gasteiger partial charge in [0, 0.05) is 7.05 Å². The van der Waals surface area contributed by atoms with E-state index in [1.54, 1.807) is 13.1 Å². The van der Waals surface area contributed by atoms with Crippen LogP contribution in [0.2, 0.25) is 0 Å². The van der Waals surface area contributed by atoms with Crippen molar-refractivity contribution in [1.29, 1.82) is 0 Å². The molecule has 1 heterocycles. The van der Waals surface area contributed by atoms with Crippen molar-refractivity contribution in [1.82, 2.24) is 9.97 Å². The van der Waals surface area contributed by atoms with Gasteiger partial charge in [-0.15, -0.1) is 0 Å². The highest BCUT2D eigenvalue weighted by atomic mass is 16.6. The minimum Gasteiger partial charge on any atom is -0.495 e. The molecule has 110 valence electrons. The minimum absolute atomic E-state index is 0.100. The van der Waals surface area contributed by atoms with E-state index in [2.05, 4.69) is 20.6 Å². The first-order valence-corrected chi connectivity index (χ1v) is 6.15. The zero-order valence-electron chi connectivity index (χ0n) is 11.9. The lowest BCUT2D eigenvalue weighted by Crippen LogP contribution is -2.06. The monoisotopic (exact) mass is 289 g/mol. The molecule has 0 aliphatic carbocycles. The molecule has 21 heavy (non-hydrogen) atoms. The van der Waals surface area contributed by atoms with Crippen molar-refractivity contribution in [2.24, 2.45) is 0 Å². The van der Waals surface area contributed by atoms with E-state index in [0.717, 1.165) is 5.56 Å². The Morgan fingerprint density at radius 2 is 2.00 bits per heavy atom. The molecule has 0 aliphatic rings. The second-order valence-electron chi connectivity index (χ2n) is 4.26. The van der Waals surface area contributed by atoms with Crippen molar-refractivity contribution in [3.05, 3.63) is 40.2 Å². The quantitative estimate of drug-likeness (QED) is 0.643. The Morgan fingerprint density at radius 1 is 1.29 bits per heavy atom. The van der Waals surface area contributed by atoms with Crippen LogP contribution in [0.3, 0.4) is 0 Å². The molecule has 0 unspecified atom stereocenters. The summed E-state index contributed by atoms with van der Waals surface area (Å²) in [6.45, 7) is 1.91. The smallest absolute Gasteiger partial charge is 0.353 e. The van der Waals surface area contributed by atoms with Crippen molar-refractivity contribution in [2.75, 3.05) is 24.8 Å². The molecule has 8 heteroatoms. The molecule has 2 rings (SSSR count). The number of aromatic nitrogens is 2. The average Bonchev–Trinajstić information content (AvgIpc) is 2.47. The largest absolute Gasteiger partial charge is 0.495 e. The van der Waals surface area contributed by atoms with Crippen LogP contribution in [0.25, 0.3) is 0 Å². The summed E-state index contributed by atoms with van der Waals surface area (Å²) in [5.41, 5.74) is 1.37. The van der Waals surface area contributed by atoms with Gasteiger partial charge in [-0.05, 0) is 24.6 Å². The minimum atomic E-state index is -0.531. The summed E-state index contributed by atoms with van der Waals surface area (Å²) in [7, 11) is 3.09. The number of benzene rings is 1. The van der Waals surface area contributed by atoms with Gasteiger partial charge in [0.25, 0.3) is 0 Å². The molecule has 1 aromatic heterocycles. The van der Waals surface area contributed by atoms with E-state index in [1.165, 1.54) is 13.4 Å². The lowest BCUT2D eigenvalue weighted by molar-refractivity contribution is -0.383. The standard InChI is InChI=1S/C13H15N5O3/c1-8-4-5-10(21-3)9(6-8)17-13-11(18(19)20)12(14-2)15-7-16-13/h4-7H,1-3H3,(H2,14,15,16,17). The van der Waals surface area contributed by atoms with Gasteiger partial charge in [-0.25, -0.2) is 9.97 Å². The molecule has 0 radical (unpaired) electrons. The van der Waals surface area contributed by atoms with Crippen LogP contribution in [0.15, 0.2) is 24.5 Å². The van der Waals surface area contributed by atoms with Gasteiger partial charge in [0.15, 0.2) is 0 Å². The summed E-state index contributed by atoms with van der Waals surface area (Å²) in [6.07, 6.45) is 1.25. The number of methoxy groups -OCH3 is 1. The summed E-state index contributed by atoms with van der Waals surface area (Å²) < 4.78 is 5.24. The van der Waals surface area contributed by atoms with E-state index in [0.29, 0.717) is 11.4 Å². The lowest BCUT2D eigenvalue weighted by Gasteiger charge is -2.12. The molecular formula is C13H15N5O3. The molecular weight excluding hydrogens is 274 g/mol. The van der Waals surface area contributed by atoms with Crippen molar-refractivity contribution >= 4 is 23.0 Å². The van der Waals surface area contributed by atoms with E-state index >= 15 is 0 Å². The highest BCUT2D eigenvalue weighted by molar-refractivity contribution is 5.76. The van der Waals surface area contributed by atoms with Crippen molar-refractivity contribution < 1.29 is 9.66 Å². The third kappa shape index (κ3) is 2.99. The van der Waals surface area contributed by atoms with Gasteiger partial charge >= 0.3 is 5.69 Å². The fourth-order valence-electron chi connectivity index (χ4n) is 1.87. The number of nitrogens with zero attached hydrogens (tertiary/aromatic N) is 3. The zero-order valence-corrected chi connectivity index (χ0v) is 11.9. The SMILES string of the molecule is CNc1ncnc(Nc2cc(C)ccc2OC)c1[N+](=O)[O-].